The zero-order valence-electron chi connectivity index (χ0n) is 14.8. The third-order valence-electron chi connectivity index (χ3n) is 4.80. The molecule has 132 valence electrons. The number of morpholine rings is 1. The average molecular weight is 347 g/mol. The van der Waals surface area contributed by atoms with Crippen molar-refractivity contribution in [2.45, 2.75) is 19.4 Å². The first-order valence-corrected chi connectivity index (χ1v) is 8.97. The van der Waals surface area contributed by atoms with Crippen LogP contribution in [0.15, 0.2) is 54.9 Å². The minimum Gasteiger partial charge on any atom is -0.375 e. The van der Waals surface area contributed by atoms with Gasteiger partial charge < -0.3 is 9.64 Å². The third kappa shape index (κ3) is 3.18. The Morgan fingerprint density at radius 3 is 2.85 bits per heavy atom. The third-order valence-corrected chi connectivity index (χ3v) is 4.80. The van der Waals surface area contributed by atoms with E-state index in [2.05, 4.69) is 11.9 Å². The molecule has 1 fully saturated rings. The molecule has 1 aromatic carbocycles. The summed E-state index contributed by atoms with van der Waals surface area (Å²) in [5, 5.41) is 0.884. The Morgan fingerprint density at radius 2 is 2.04 bits per heavy atom. The number of hydrogen-bond acceptors (Lipinski definition) is 4. The highest BCUT2D eigenvalue weighted by Gasteiger charge is 2.25. The van der Waals surface area contributed by atoms with Crippen LogP contribution in [-0.2, 0) is 4.74 Å². The van der Waals surface area contributed by atoms with Gasteiger partial charge in [0.15, 0.2) is 0 Å². The number of carbonyl (C=O) groups is 1. The molecule has 4 rings (SSSR count). The molecule has 5 nitrogen and oxygen atoms in total. The van der Waals surface area contributed by atoms with Crippen LogP contribution in [0.3, 0.4) is 0 Å². The van der Waals surface area contributed by atoms with E-state index in [1.165, 1.54) is 0 Å². The molecule has 1 aliphatic rings. The molecule has 3 heterocycles. The van der Waals surface area contributed by atoms with E-state index in [0.717, 1.165) is 28.6 Å². The number of amides is 1. The Bertz CT molecular complexity index is 927. The molecule has 2 aromatic heterocycles. The Balaban J connectivity index is 1.79. The van der Waals surface area contributed by atoms with Crippen molar-refractivity contribution in [2.75, 3.05) is 19.7 Å². The molecule has 0 N–H and O–H groups in total. The summed E-state index contributed by atoms with van der Waals surface area (Å²) in [5.74, 6) is 0.0423. The van der Waals surface area contributed by atoms with Gasteiger partial charge in [-0.15, -0.1) is 0 Å². The van der Waals surface area contributed by atoms with Gasteiger partial charge in [-0.05, 0) is 30.7 Å². The fourth-order valence-electron chi connectivity index (χ4n) is 3.34. The molecule has 1 amide bonds. The van der Waals surface area contributed by atoms with Gasteiger partial charge in [0.25, 0.3) is 5.91 Å². The lowest BCUT2D eigenvalue weighted by Gasteiger charge is -2.32. The van der Waals surface area contributed by atoms with E-state index in [-0.39, 0.29) is 12.0 Å². The van der Waals surface area contributed by atoms with Crippen LogP contribution in [0.25, 0.3) is 22.2 Å². The summed E-state index contributed by atoms with van der Waals surface area (Å²) in [6.07, 6.45) is 4.49. The molecule has 0 bridgehead atoms. The quantitative estimate of drug-likeness (QED) is 0.727. The van der Waals surface area contributed by atoms with Crippen molar-refractivity contribution in [1.82, 2.24) is 14.9 Å². The van der Waals surface area contributed by atoms with E-state index in [9.17, 15) is 4.79 Å². The van der Waals surface area contributed by atoms with Crippen LogP contribution in [0.1, 0.15) is 23.7 Å². The summed E-state index contributed by atoms with van der Waals surface area (Å²) >= 11 is 0. The SMILES string of the molecule is CC[C@@H]1CN(C(=O)c2cc(-c3ccncc3)nc3ccccc23)CCO1. The average Bonchev–Trinajstić information content (AvgIpc) is 2.73. The van der Waals surface area contributed by atoms with Gasteiger partial charge in [-0.2, -0.15) is 0 Å². The van der Waals surface area contributed by atoms with Crippen molar-refractivity contribution in [2.24, 2.45) is 0 Å². The Labute approximate surface area is 152 Å². The lowest BCUT2D eigenvalue weighted by atomic mass is 10.0. The fraction of sp³-hybridized carbons (Fsp3) is 0.286. The number of ether oxygens (including phenoxy) is 1. The van der Waals surface area contributed by atoms with Gasteiger partial charge in [-0.25, -0.2) is 4.98 Å². The van der Waals surface area contributed by atoms with E-state index in [1.807, 2.05) is 47.4 Å². The zero-order chi connectivity index (χ0) is 17.9. The summed E-state index contributed by atoms with van der Waals surface area (Å²) in [6, 6.07) is 13.5. The van der Waals surface area contributed by atoms with E-state index in [0.29, 0.717) is 25.3 Å². The van der Waals surface area contributed by atoms with Crippen LogP contribution in [0.2, 0.25) is 0 Å². The van der Waals surface area contributed by atoms with Gasteiger partial charge in [0.2, 0.25) is 0 Å². The smallest absolute Gasteiger partial charge is 0.254 e. The van der Waals surface area contributed by atoms with Crippen LogP contribution < -0.4 is 0 Å². The van der Waals surface area contributed by atoms with Crippen LogP contribution in [0.4, 0.5) is 0 Å². The summed E-state index contributed by atoms with van der Waals surface area (Å²) in [5.41, 5.74) is 3.26. The number of para-hydroxylation sites is 1. The lowest BCUT2D eigenvalue weighted by Crippen LogP contribution is -2.45. The van der Waals surface area contributed by atoms with Gasteiger partial charge in [-0.1, -0.05) is 25.1 Å². The van der Waals surface area contributed by atoms with Gasteiger partial charge in [0.05, 0.1) is 29.5 Å². The minimum atomic E-state index is 0.0423. The molecular weight excluding hydrogens is 326 g/mol. The number of benzene rings is 1. The maximum Gasteiger partial charge on any atom is 0.254 e. The predicted octanol–water partition coefficient (Wildman–Crippen LogP) is 3.55. The minimum absolute atomic E-state index is 0.0423. The highest BCUT2D eigenvalue weighted by atomic mass is 16.5. The zero-order valence-corrected chi connectivity index (χ0v) is 14.8. The molecule has 0 unspecified atom stereocenters. The monoisotopic (exact) mass is 347 g/mol. The van der Waals surface area contributed by atoms with Gasteiger partial charge in [0, 0.05) is 36.4 Å². The standard InChI is InChI=1S/C21H21N3O2/c1-2-16-14-24(11-12-26-16)21(25)18-13-20(15-7-9-22-10-8-15)23-19-6-4-3-5-17(18)19/h3-10,13,16H,2,11-12,14H2,1H3/t16-/m1/s1. The van der Waals surface area contributed by atoms with Crippen molar-refractivity contribution in [1.29, 1.82) is 0 Å². The largest absolute Gasteiger partial charge is 0.375 e. The Morgan fingerprint density at radius 1 is 1.23 bits per heavy atom. The van der Waals surface area contributed by atoms with Crippen LogP contribution >= 0.6 is 0 Å². The Kier molecular flexibility index (Phi) is 4.63. The second kappa shape index (κ2) is 7.22. The summed E-state index contributed by atoms with van der Waals surface area (Å²) in [7, 11) is 0. The number of fused-ring (bicyclic) bond motifs is 1. The number of carbonyl (C=O) groups excluding carboxylic acids is 1. The lowest BCUT2D eigenvalue weighted by molar-refractivity contribution is -0.0225. The first-order valence-electron chi connectivity index (χ1n) is 8.97. The van der Waals surface area contributed by atoms with Crippen molar-refractivity contribution < 1.29 is 9.53 Å². The van der Waals surface area contributed by atoms with Gasteiger partial charge >= 0.3 is 0 Å². The number of hydrogen-bond donors (Lipinski definition) is 0. The molecule has 3 aromatic rings. The summed E-state index contributed by atoms with van der Waals surface area (Å²) < 4.78 is 5.71. The molecule has 1 saturated heterocycles. The second-order valence-electron chi connectivity index (χ2n) is 6.46. The normalized spacial score (nSPS) is 17.4. The number of aromatic nitrogens is 2. The van der Waals surface area contributed by atoms with E-state index < -0.39 is 0 Å². The van der Waals surface area contributed by atoms with E-state index >= 15 is 0 Å². The maximum absolute atomic E-state index is 13.3. The highest BCUT2D eigenvalue weighted by Crippen LogP contribution is 2.26. The fourth-order valence-corrected chi connectivity index (χ4v) is 3.34. The first-order chi connectivity index (χ1) is 12.8. The van der Waals surface area contributed by atoms with Crippen molar-refractivity contribution >= 4 is 16.8 Å². The molecule has 0 aliphatic carbocycles. The van der Waals surface area contributed by atoms with E-state index in [1.54, 1.807) is 12.4 Å². The van der Waals surface area contributed by atoms with Crippen molar-refractivity contribution in [3.63, 3.8) is 0 Å². The number of nitrogens with zero attached hydrogens (tertiary/aromatic N) is 3. The number of rotatable bonds is 3. The molecule has 1 atom stereocenters. The maximum atomic E-state index is 13.3. The Hall–Kier alpha value is -2.79. The topological polar surface area (TPSA) is 55.3 Å². The second-order valence-corrected chi connectivity index (χ2v) is 6.46. The molecule has 5 heteroatoms. The van der Waals surface area contributed by atoms with Crippen LogP contribution in [0.5, 0.6) is 0 Å². The van der Waals surface area contributed by atoms with Gasteiger partial charge in [0.1, 0.15) is 0 Å². The van der Waals surface area contributed by atoms with Crippen molar-refractivity contribution in [3.8, 4) is 11.3 Å². The molecule has 0 saturated carbocycles. The van der Waals surface area contributed by atoms with Crippen LogP contribution in [0, 0.1) is 0 Å². The molecule has 1 aliphatic heterocycles. The molecule has 0 radical (unpaired) electrons. The number of pyridine rings is 2. The van der Waals surface area contributed by atoms with Crippen molar-refractivity contribution in [3.05, 3.63) is 60.4 Å². The summed E-state index contributed by atoms with van der Waals surface area (Å²) in [4.78, 5) is 24.0. The molecular formula is C21H21N3O2. The van der Waals surface area contributed by atoms with Crippen LogP contribution in [-0.4, -0.2) is 46.6 Å². The summed E-state index contributed by atoms with van der Waals surface area (Å²) in [6.45, 7) is 3.93. The molecule has 0 spiro atoms. The molecule has 26 heavy (non-hydrogen) atoms. The first kappa shape index (κ1) is 16.7. The van der Waals surface area contributed by atoms with E-state index in [4.69, 9.17) is 9.72 Å². The highest BCUT2D eigenvalue weighted by molar-refractivity contribution is 6.07. The van der Waals surface area contributed by atoms with Gasteiger partial charge in [-0.3, -0.25) is 9.78 Å². The predicted molar refractivity (Wildman–Crippen MR) is 101 cm³/mol.